The largest absolute Gasteiger partial charge is 0.380 e. The summed E-state index contributed by atoms with van der Waals surface area (Å²) < 4.78 is 0. The van der Waals surface area contributed by atoms with E-state index in [0.29, 0.717) is 21.0 Å². The molecule has 0 spiro atoms. The van der Waals surface area contributed by atoms with E-state index in [-0.39, 0.29) is 5.82 Å². The summed E-state index contributed by atoms with van der Waals surface area (Å²) in [6.45, 7) is 0. The number of hydrogen-bond acceptors (Lipinski definition) is 5. The third kappa shape index (κ3) is 1.82. The van der Waals surface area contributed by atoms with Crippen molar-refractivity contribution in [3.63, 3.8) is 0 Å². The van der Waals surface area contributed by atoms with Gasteiger partial charge in [-0.1, -0.05) is 34.5 Å². The standard InChI is InChI=1S/C8H7Cl2N3O2/c9-5-2-1-3-6(8(5)10)12-4-7(11)13(14)15-12/h1-4,14H,11H2. The Balaban J connectivity index is 2.36. The summed E-state index contributed by atoms with van der Waals surface area (Å²) in [5.41, 5.74) is 5.88. The van der Waals surface area contributed by atoms with Gasteiger partial charge in [0.2, 0.25) is 0 Å². The molecule has 3 N–H and O–H groups in total. The Kier molecular flexibility index (Phi) is 2.62. The second kappa shape index (κ2) is 3.79. The van der Waals surface area contributed by atoms with Gasteiger partial charge in [0, 0.05) is 0 Å². The van der Waals surface area contributed by atoms with Gasteiger partial charge >= 0.3 is 0 Å². The molecule has 0 saturated heterocycles. The van der Waals surface area contributed by atoms with Gasteiger partial charge in [-0.25, -0.2) is 0 Å². The number of nitrogens with zero attached hydrogens (tertiary/aromatic N) is 2. The summed E-state index contributed by atoms with van der Waals surface area (Å²) in [6, 6.07) is 5.03. The quantitative estimate of drug-likeness (QED) is 0.796. The SMILES string of the molecule is NC1=CN(c2cccc(Cl)c2Cl)ON1O. The van der Waals surface area contributed by atoms with Gasteiger partial charge in [-0.3, -0.25) is 5.21 Å². The summed E-state index contributed by atoms with van der Waals surface area (Å²) in [5, 5.41) is 11.4. The Morgan fingerprint density at radius 3 is 2.67 bits per heavy atom. The fourth-order valence-corrected chi connectivity index (χ4v) is 1.48. The predicted molar refractivity (Wildman–Crippen MR) is 55.9 cm³/mol. The van der Waals surface area contributed by atoms with Crippen LogP contribution in [0, 0.1) is 0 Å². The Labute approximate surface area is 95.7 Å². The van der Waals surface area contributed by atoms with E-state index in [1.165, 1.54) is 11.3 Å². The van der Waals surface area contributed by atoms with Crippen LogP contribution in [-0.2, 0) is 4.94 Å². The molecule has 0 saturated carbocycles. The minimum Gasteiger partial charge on any atom is -0.380 e. The Hall–Kier alpha value is -1.14. The highest BCUT2D eigenvalue weighted by Gasteiger charge is 2.22. The molecule has 1 heterocycles. The van der Waals surface area contributed by atoms with Crippen molar-refractivity contribution in [2.75, 3.05) is 5.06 Å². The number of rotatable bonds is 1. The van der Waals surface area contributed by atoms with E-state index in [0.717, 1.165) is 0 Å². The maximum atomic E-state index is 9.09. The summed E-state index contributed by atoms with van der Waals surface area (Å²) in [4.78, 5) is 4.86. The molecule has 1 aliphatic heterocycles. The Morgan fingerprint density at radius 2 is 2.07 bits per heavy atom. The van der Waals surface area contributed by atoms with Crippen molar-refractivity contribution in [2.45, 2.75) is 0 Å². The van der Waals surface area contributed by atoms with E-state index in [9.17, 15) is 0 Å². The Morgan fingerprint density at radius 1 is 1.33 bits per heavy atom. The van der Waals surface area contributed by atoms with Gasteiger partial charge in [0.25, 0.3) is 0 Å². The molecule has 1 aromatic rings. The molecule has 0 radical (unpaired) electrons. The number of halogens is 2. The molecule has 1 aromatic carbocycles. The van der Waals surface area contributed by atoms with Gasteiger partial charge in [0.05, 0.1) is 21.9 Å². The predicted octanol–water partition coefficient (Wildman–Crippen LogP) is 2.11. The molecule has 0 fully saturated rings. The molecule has 5 nitrogen and oxygen atoms in total. The lowest BCUT2D eigenvalue weighted by molar-refractivity contribution is -0.304. The molecule has 2 rings (SSSR count). The minimum atomic E-state index is 0.0473. The van der Waals surface area contributed by atoms with E-state index < -0.39 is 0 Å². The van der Waals surface area contributed by atoms with Crippen LogP contribution >= 0.6 is 23.2 Å². The van der Waals surface area contributed by atoms with Gasteiger partial charge in [0.1, 0.15) is 0 Å². The first kappa shape index (κ1) is 10.4. The van der Waals surface area contributed by atoms with Crippen molar-refractivity contribution in [1.82, 2.24) is 5.23 Å². The highest BCUT2D eigenvalue weighted by atomic mass is 35.5. The number of hydrogen-bond donors (Lipinski definition) is 2. The first-order chi connectivity index (χ1) is 7.09. The zero-order chi connectivity index (χ0) is 11.0. The molecular weight excluding hydrogens is 241 g/mol. The van der Waals surface area contributed by atoms with E-state index in [2.05, 4.69) is 0 Å². The van der Waals surface area contributed by atoms with E-state index in [1.54, 1.807) is 18.2 Å². The molecular formula is C8H7Cl2N3O2. The monoisotopic (exact) mass is 247 g/mol. The molecule has 0 amide bonds. The van der Waals surface area contributed by atoms with Crippen molar-refractivity contribution < 1.29 is 10.1 Å². The normalized spacial score (nSPS) is 15.8. The summed E-state index contributed by atoms with van der Waals surface area (Å²) >= 11 is 11.8. The molecule has 0 bridgehead atoms. The van der Waals surface area contributed by atoms with Crippen LogP contribution in [-0.4, -0.2) is 10.4 Å². The maximum absolute atomic E-state index is 9.09. The molecule has 80 valence electrons. The third-order valence-electron chi connectivity index (χ3n) is 1.80. The van der Waals surface area contributed by atoms with Crippen molar-refractivity contribution in [3.8, 4) is 0 Å². The van der Waals surface area contributed by atoms with Crippen molar-refractivity contribution in [3.05, 3.63) is 40.3 Å². The highest BCUT2D eigenvalue weighted by molar-refractivity contribution is 6.43. The average molecular weight is 248 g/mol. The van der Waals surface area contributed by atoms with Crippen LogP contribution in [0.15, 0.2) is 30.2 Å². The average Bonchev–Trinajstić information content (AvgIpc) is 2.51. The summed E-state index contributed by atoms with van der Waals surface area (Å²) in [5.74, 6) is 0.0473. The molecule has 0 atom stereocenters. The van der Waals surface area contributed by atoms with E-state index in [4.69, 9.17) is 39.1 Å². The van der Waals surface area contributed by atoms with Gasteiger partial charge in [-0.2, -0.15) is 5.06 Å². The lowest BCUT2D eigenvalue weighted by Crippen LogP contribution is -2.22. The van der Waals surface area contributed by atoms with Crippen LogP contribution in [0.25, 0.3) is 0 Å². The lowest BCUT2D eigenvalue weighted by Gasteiger charge is -2.16. The van der Waals surface area contributed by atoms with Crippen LogP contribution in [0.3, 0.4) is 0 Å². The topological polar surface area (TPSA) is 62.0 Å². The number of hydroxylamine groups is 3. The van der Waals surface area contributed by atoms with Gasteiger partial charge in [-0.15, -0.1) is 4.94 Å². The van der Waals surface area contributed by atoms with Crippen molar-refractivity contribution in [1.29, 1.82) is 0 Å². The number of benzene rings is 1. The van der Waals surface area contributed by atoms with Gasteiger partial charge in [0.15, 0.2) is 5.82 Å². The van der Waals surface area contributed by atoms with Crippen LogP contribution in [0.4, 0.5) is 5.69 Å². The minimum absolute atomic E-state index is 0.0473. The fraction of sp³-hybridized carbons (Fsp3) is 0. The first-order valence-corrected chi connectivity index (χ1v) is 4.73. The number of nitrogens with two attached hydrogens (primary N) is 1. The van der Waals surface area contributed by atoms with Gasteiger partial charge < -0.3 is 5.73 Å². The van der Waals surface area contributed by atoms with Crippen LogP contribution in [0.2, 0.25) is 10.0 Å². The molecule has 7 heteroatoms. The van der Waals surface area contributed by atoms with Crippen molar-refractivity contribution >= 4 is 28.9 Å². The smallest absolute Gasteiger partial charge is 0.176 e. The van der Waals surface area contributed by atoms with Gasteiger partial charge in [-0.05, 0) is 12.1 Å². The van der Waals surface area contributed by atoms with E-state index >= 15 is 0 Å². The van der Waals surface area contributed by atoms with Crippen LogP contribution < -0.4 is 10.8 Å². The fourth-order valence-electron chi connectivity index (χ4n) is 1.10. The number of anilines is 1. The third-order valence-corrected chi connectivity index (χ3v) is 2.61. The summed E-state index contributed by atoms with van der Waals surface area (Å²) in [6.07, 6.45) is 1.37. The molecule has 1 aliphatic rings. The highest BCUT2D eigenvalue weighted by Crippen LogP contribution is 2.34. The zero-order valence-electron chi connectivity index (χ0n) is 7.39. The van der Waals surface area contributed by atoms with Crippen LogP contribution in [0.5, 0.6) is 0 Å². The van der Waals surface area contributed by atoms with Crippen molar-refractivity contribution in [2.24, 2.45) is 5.73 Å². The molecule has 0 aliphatic carbocycles. The molecule has 0 aromatic heterocycles. The second-order valence-electron chi connectivity index (χ2n) is 2.81. The molecule has 0 unspecified atom stereocenters. The van der Waals surface area contributed by atoms with Crippen LogP contribution in [0.1, 0.15) is 0 Å². The van der Waals surface area contributed by atoms with E-state index in [1.807, 2.05) is 0 Å². The molecule has 15 heavy (non-hydrogen) atoms. The first-order valence-electron chi connectivity index (χ1n) is 3.97. The lowest BCUT2D eigenvalue weighted by atomic mass is 10.3. The Bertz CT molecular complexity index is 424. The maximum Gasteiger partial charge on any atom is 0.176 e. The zero-order valence-corrected chi connectivity index (χ0v) is 8.90. The second-order valence-corrected chi connectivity index (χ2v) is 3.59. The summed E-state index contributed by atoms with van der Waals surface area (Å²) in [7, 11) is 0.